The van der Waals surface area contributed by atoms with Crippen LogP contribution in [0.2, 0.25) is 0 Å². The van der Waals surface area contributed by atoms with E-state index < -0.39 is 5.82 Å². The highest BCUT2D eigenvalue weighted by atomic mass is 19.1. The van der Waals surface area contributed by atoms with Crippen molar-refractivity contribution in [1.82, 2.24) is 5.32 Å². The van der Waals surface area contributed by atoms with E-state index in [4.69, 9.17) is 0 Å². The molecule has 1 rings (SSSR count). The van der Waals surface area contributed by atoms with Crippen LogP contribution in [-0.2, 0) is 0 Å². The summed E-state index contributed by atoms with van der Waals surface area (Å²) in [5.41, 5.74) is 0.670. The predicted octanol–water partition coefficient (Wildman–Crippen LogP) is 1.78. The van der Waals surface area contributed by atoms with Crippen LogP contribution in [0.5, 0.6) is 0 Å². The zero-order valence-corrected chi connectivity index (χ0v) is 8.51. The van der Waals surface area contributed by atoms with Crippen LogP contribution in [0.1, 0.15) is 10.4 Å². The normalized spacial score (nSPS) is 9.47. The molecule has 80 valence electrons. The Morgan fingerprint density at radius 2 is 2.33 bits per heavy atom. The summed E-state index contributed by atoms with van der Waals surface area (Å²) < 4.78 is 13.3. The van der Waals surface area contributed by atoms with Crippen molar-refractivity contribution in [2.75, 3.05) is 18.9 Å². The van der Waals surface area contributed by atoms with Crippen molar-refractivity contribution in [3.05, 3.63) is 42.2 Å². The van der Waals surface area contributed by atoms with Crippen molar-refractivity contribution < 1.29 is 9.18 Å². The molecule has 3 nitrogen and oxygen atoms in total. The Kier molecular flexibility index (Phi) is 3.85. The minimum atomic E-state index is -0.441. The fraction of sp³-hybridized carbons (Fsp3) is 0.182. The number of anilines is 1. The molecule has 0 heterocycles. The molecule has 15 heavy (non-hydrogen) atoms. The Morgan fingerprint density at radius 3 is 2.87 bits per heavy atom. The minimum Gasteiger partial charge on any atom is -0.386 e. The van der Waals surface area contributed by atoms with E-state index >= 15 is 0 Å². The van der Waals surface area contributed by atoms with E-state index in [0.29, 0.717) is 17.8 Å². The van der Waals surface area contributed by atoms with Gasteiger partial charge in [0.1, 0.15) is 5.82 Å². The number of amides is 1. The summed E-state index contributed by atoms with van der Waals surface area (Å²) in [6, 6.07) is 4.29. The van der Waals surface area contributed by atoms with E-state index in [9.17, 15) is 9.18 Å². The monoisotopic (exact) mass is 208 g/mol. The van der Waals surface area contributed by atoms with Crippen LogP contribution in [0, 0.1) is 5.82 Å². The van der Waals surface area contributed by atoms with Gasteiger partial charge in [-0.05, 0) is 18.2 Å². The van der Waals surface area contributed by atoms with Gasteiger partial charge in [-0.25, -0.2) is 4.39 Å². The summed E-state index contributed by atoms with van der Waals surface area (Å²) in [6.45, 7) is 3.84. The summed E-state index contributed by atoms with van der Waals surface area (Å²) in [4.78, 5) is 11.4. The molecule has 0 saturated heterocycles. The molecular weight excluding hydrogens is 195 g/mol. The predicted molar refractivity (Wildman–Crippen MR) is 58.5 cm³/mol. The second kappa shape index (κ2) is 5.14. The van der Waals surface area contributed by atoms with Crippen LogP contribution < -0.4 is 10.6 Å². The molecule has 0 saturated carbocycles. The lowest BCUT2D eigenvalue weighted by molar-refractivity contribution is 0.0957. The lowest BCUT2D eigenvalue weighted by Crippen LogP contribution is -2.23. The molecule has 2 N–H and O–H groups in total. The van der Waals surface area contributed by atoms with E-state index in [1.807, 2.05) is 0 Å². The molecule has 1 aromatic rings. The number of halogens is 1. The maximum atomic E-state index is 13.3. The van der Waals surface area contributed by atoms with Gasteiger partial charge in [-0.3, -0.25) is 4.79 Å². The van der Waals surface area contributed by atoms with Crippen LogP contribution in [0.25, 0.3) is 0 Å². The van der Waals surface area contributed by atoms with Crippen LogP contribution in [0.3, 0.4) is 0 Å². The van der Waals surface area contributed by atoms with Gasteiger partial charge in [-0.2, -0.15) is 0 Å². The first-order valence-corrected chi connectivity index (χ1v) is 4.55. The average molecular weight is 208 g/mol. The number of carbonyl (C=O) groups is 1. The van der Waals surface area contributed by atoms with Gasteiger partial charge in [0.25, 0.3) is 5.91 Å². The number of benzene rings is 1. The van der Waals surface area contributed by atoms with Crippen molar-refractivity contribution in [3.8, 4) is 0 Å². The summed E-state index contributed by atoms with van der Waals surface area (Å²) in [7, 11) is 1.62. The Bertz CT molecular complexity index is 377. The second-order valence-electron chi connectivity index (χ2n) is 2.94. The standard InChI is InChI=1S/C11H13FN2O/c1-3-6-14-11(15)8-4-5-10(13-2)9(12)7-8/h3-5,7,13H,1,6H2,2H3,(H,14,15). The molecule has 0 aromatic heterocycles. The largest absolute Gasteiger partial charge is 0.386 e. The van der Waals surface area contributed by atoms with Gasteiger partial charge >= 0.3 is 0 Å². The minimum absolute atomic E-state index is 0.299. The number of nitrogens with one attached hydrogen (secondary N) is 2. The third kappa shape index (κ3) is 2.80. The molecule has 0 radical (unpaired) electrons. The lowest BCUT2D eigenvalue weighted by Gasteiger charge is -2.05. The maximum Gasteiger partial charge on any atom is 0.251 e. The molecule has 0 unspecified atom stereocenters. The molecular formula is C11H13FN2O. The van der Waals surface area contributed by atoms with Crippen molar-refractivity contribution in [3.63, 3.8) is 0 Å². The van der Waals surface area contributed by atoms with Gasteiger partial charge in [0, 0.05) is 19.2 Å². The molecule has 0 bridgehead atoms. The quantitative estimate of drug-likeness (QED) is 0.740. The van der Waals surface area contributed by atoms with Crippen LogP contribution in [0.15, 0.2) is 30.9 Å². The highest BCUT2D eigenvalue weighted by Gasteiger charge is 2.07. The first-order valence-electron chi connectivity index (χ1n) is 4.55. The maximum absolute atomic E-state index is 13.3. The first-order chi connectivity index (χ1) is 7.19. The van der Waals surface area contributed by atoms with E-state index in [-0.39, 0.29) is 5.91 Å². The molecule has 0 aliphatic rings. The van der Waals surface area contributed by atoms with Crippen molar-refractivity contribution in [2.45, 2.75) is 0 Å². The molecule has 0 aliphatic heterocycles. The Labute approximate surface area is 88.0 Å². The number of carbonyl (C=O) groups excluding carboxylic acids is 1. The van der Waals surface area contributed by atoms with Gasteiger partial charge in [-0.15, -0.1) is 6.58 Å². The third-order valence-electron chi connectivity index (χ3n) is 1.91. The summed E-state index contributed by atoms with van der Waals surface area (Å²) in [6.07, 6.45) is 1.57. The highest BCUT2D eigenvalue weighted by molar-refractivity contribution is 5.94. The molecule has 1 aromatic carbocycles. The molecule has 1 amide bonds. The van der Waals surface area contributed by atoms with Gasteiger partial charge in [-0.1, -0.05) is 6.08 Å². The number of hydrogen-bond donors (Lipinski definition) is 2. The molecule has 0 spiro atoms. The number of hydrogen-bond acceptors (Lipinski definition) is 2. The van der Waals surface area contributed by atoms with Crippen LogP contribution in [0.4, 0.5) is 10.1 Å². The zero-order chi connectivity index (χ0) is 11.3. The molecule has 0 atom stereocenters. The number of rotatable bonds is 4. The lowest BCUT2D eigenvalue weighted by atomic mass is 10.2. The second-order valence-corrected chi connectivity index (χ2v) is 2.94. The molecule has 4 heteroatoms. The van der Waals surface area contributed by atoms with Gasteiger partial charge in [0.15, 0.2) is 0 Å². The molecule has 0 aliphatic carbocycles. The smallest absolute Gasteiger partial charge is 0.251 e. The topological polar surface area (TPSA) is 41.1 Å². The SMILES string of the molecule is C=CCNC(=O)c1ccc(NC)c(F)c1. The molecule has 0 fully saturated rings. The van der Waals surface area contributed by atoms with E-state index in [1.165, 1.54) is 12.1 Å². The fourth-order valence-corrected chi connectivity index (χ4v) is 1.13. The summed E-state index contributed by atoms with van der Waals surface area (Å²) in [5.74, 6) is -0.750. The van der Waals surface area contributed by atoms with Crippen molar-refractivity contribution in [1.29, 1.82) is 0 Å². The first kappa shape index (κ1) is 11.2. The van der Waals surface area contributed by atoms with E-state index in [2.05, 4.69) is 17.2 Å². The van der Waals surface area contributed by atoms with Gasteiger partial charge in [0.05, 0.1) is 5.69 Å². The van der Waals surface area contributed by atoms with Crippen LogP contribution >= 0.6 is 0 Å². The Balaban J connectivity index is 2.82. The van der Waals surface area contributed by atoms with Crippen molar-refractivity contribution in [2.24, 2.45) is 0 Å². The van der Waals surface area contributed by atoms with Crippen molar-refractivity contribution >= 4 is 11.6 Å². The van der Waals surface area contributed by atoms with E-state index in [0.717, 1.165) is 0 Å². The zero-order valence-electron chi connectivity index (χ0n) is 8.51. The summed E-state index contributed by atoms with van der Waals surface area (Å²) in [5, 5.41) is 5.25. The van der Waals surface area contributed by atoms with E-state index in [1.54, 1.807) is 19.2 Å². The average Bonchev–Trinajstić information content (AvgIpc) is 2.25. The third-order valence-corrected chi connectivity index (χ3v) is 1.91. The summed E-state index contributed by atoms with van der Waals surface area (Å²) >= 11 is 0. The van der Waals surface area contributed by atoms with Gasteiger partial charge in [0.2, 0.25) is 0 Å². The van der Waals surface area contributed by atoms with Crippen LogP contribution in [-0.4, -0.2) is 19.5 Å². The fourth-order valence-electron chi connectivity index (χ4n) is 1.13. The Morgan fingerprint density at radius 1 is 1.60 bits per heavy atom. The highest BCUT2D eigenvalue weighted by Crippen LogP contribution is 2.14. The Hall–Kier alpha value is -1.84. The van der Waals surface area contributed by atoms with Gasteiger partial charge < -0.3 is 10.6 Å².